The maximum atomic E-state index is 13.8. The highest BCUT2D eigenvalue weighted by molar-refractivity contribution is 7.22. The molecule has 1 aromatic heterocycles. The number of carbonyl (C=O) groups is 5. The summed E-state index contributed by atoms with van der Waals surface area (Å²) < 4.78 is 29.6. The van der Waals surface area contributed by atoms with E-state index < -0.39 is 29.7 Å². The molecule has 2 aliphatic rings. The number of anilines is 1. The first kappa shape index (κ1) is 49.2. The molecule has 1 heterocycles. The van der Waals surface area contributed by atoms with E-state index in [2.05, 4.69) is 20.4 Å². The Morgan fingerprint density at radius 1 is 0.662 bits per heavy atom. The number of benzene rings is 4. The average molecular weight is 942 g/mol. The Morgan fingerprint density at radius 2 is 1.15 bits per heavy atom. The quantitative estimate of drug-likeness (QED) is 0.0182. The van der Waals surface area contributed by atoms with E-state index in [1.165, 1.54) is 28.7 Å². The topological polar surface area (TPSA) is 160 Å². The van der Waals surface area contributed by atoms with E-state index in [0.717, 1.165) is 42.0 Å². The minimum Gasteiger partial charge on any atom is -0.462 e. The number of aromatic nitrogens is 1. The predicted molar refractivity (Wildman–Crippen MR) is 261 cm³/mol. The van der Waals surface area contributed by atoms with Crippen molar-refractivity contribution in [2.45, 2.75) is 97.3 Å². The van der Waals surface area contributed by atoms with Crippen LogP contribution in [0.25, 0.3) is 10.2 Å². The SMILES string of the molecule is C=CC(=O)OCCCN(/N=C/c1cc(OC(=O)C2CCC(C(=O)Oc3ccc(CCC)cc3)CC2)ccc1OC(=O)C1CCC(C(=O)Oc2ccc(CCC)cc2)CC1)c1nc2ccccc2s1. The molecule has 4 aromatic carbocycles. The van der Waals surface area contributed by atoms with Crippen LogP contribution in [0.3, 0.4) is 0 Å². The van der Waals surface area contributed by atoms with Gasteiger partial charge in [-0.3, -0.25) is 19.2 Å². The number of para-hydroxylation sites is 1. The van der Waals surface area contributed by atoms with E-state index in [1.54, 1.807) is 23.2 Å². The number of esters is 5. The summed E-state index contributed by atoms with van der Waals surface area (Å²) in [6, 6.07) is 27.6. The van der Waals surface area contributed by atoms with Gasteiger partial charge in [-0.2, -0.15) is 5.10 Å². The van der Waals surface area contributed by atoms with Crippen LogP contribution in [-0.2, 0) is 41.6 Å². The second kappa shape index (κ2) is 24.4. The number of rotatable bonds is 20. The van der Waals surface area contributed by atoms with E-state index in [0.29, 0.717) is 86.5 Å². The van der Waals surface area contributed by atoms with Crippen molar-refractivity contribution in [2.24, 2.45) is 28.8 Å². The molecule has 2 aliphatic carbocycles. The van der Waals surface area contributed by atoms with Gasteiger partial charge in [0.1, 0.15) is 23.0 Å². The van der Waals surface area contributed by atoms with Gasteiger partial charge in [0, 0.05) is 24.6 Å². The number of hydrogen-bond acceptors (Lipinski definition) is 14. The van der Waals surface area contributed by atoms with Crippen molar-refractivity contribution in [3.05, 3.63) is 120 Å². The van der Waals surface area contributed by atoms with Crippen molar-refractivity contribution < 1.29 is 47.7 Å². The molecule has 68 heavy (non-hydrogen) atoms. The number of aryl methyl sites for hydroxylation is 2. The Balaban J connectivity index is 1.03. The Morgan fingerprint density at radius 3 is 1.65 bits per heavy atom. The molecule has 0 aliphatic heterocycles. The van der Waals surface area contributed by atoms with Crippen molar-refractivity contribution in [1.29, 1.82) is 0 Å². The lowest BCUT2D eigenvalue weighted by molar-refractivity contribution is -0.145. The number of carbonyl (C=O) groups excluding carboxylic acids is 5. The fourth-order valence-corrected chi connectivity index (χ4v) is 9.43. The van der Waals surface area contributed by atoms with Crippen molar-refractivity contribution in [1.82, 2.24) is 4.98 Å². The van der Waals surface area contributed by atoms with Gasteiger partial charge >= 0.3 is 29.8 Å². The highest BCUT2D eigenvalue weighted by Crippen LogP contribution is 2.35. The van der Waals surface area contributed by atoms with Crippen LogP contribution in [0.2, 0.25) is 0 Å². The number of hydrazone groups is 1. The molecule has 0 bridgehead atoms. The lowest BCUT2D eigenvalue weighted by Gasteiger charge is -2.26. The van der Waals surface area contributed by atoms with Gasteiger partial charge in [-0.25, -0.2) is 14.8 Å². The van der Waals surface area contributed by atoms with Crippen molar-refractivity contribution in [3.8, 4) is 23.0 Å². The first-order chi connectivity index (χ1) is 33.1. The fourth-order valence-electron chi connectivity index (χ4n) is 8.48. The molecular weight excluding hydrogens is 883 g/mol. The number of thiazole rings is 1. The Kier molecular flexibility index (Phi) is 17.7. The van der Waals surface area contributed by atoms with Crippen LogP contribution >= 0.6 is 11.3 Å². The molecule has 7 rings (SSSR count). The van der Waals surface area contributed by atoms with Crippen LogP contribution in [-0.4, -0.2) is 54.2 Å². The van der Waals surface area contributed by atoms with Crippen molar-refractivity contribution in [2.75, 3.05) is 18.2 Å². The summed E-state index contributed by atoms with van der Waals surface area (Å²) >= 11 is 1.44. The van der Waals surface area contributed by atoms with E-state index in [4.69, 9.17) is 33.8 Å². The smallest absolute Gasteiger partial charge is 0.330 e. The molecule has 0 unspecified atom stereocenters. The maximum absolute atomic E-state index is 13.8. The van der Waals surface area contributed by atoms with E-state index >= 15 is 0 Å². The summed E-state index contributed by atoms with van der Waals surface area (Å²) in [6.45, 7) is 8.14. The molecule has 0 spiro atoms. The molecule has 0 radical (unpaired) electrons. The summed E-state index contributed by atoms with van der Waals surface area (Å²) in [5.41, 5.74) is 3.53. The van der Waals surface area contributed by atoms with E-state index in [1.807, 2.05) is 72.8 Å². The average Bonchev–Trinajstić information content (AvgIpc) is 3.80. The molecule has 356 valence electrons. The second-order valence-corrected chi connectivity index (χ2v) is 18.3. The lowest BCUT2D eigenvalue weighted by atomic mass is 9.82. The van der Waals surface area contributed by atoms with Gasteiger partial charge < -0.3 is 23.7 Å². The van der Waals surface area contributed by atoms with E-state index in [-0.39, 0.29) is 41.9 Å². The Hall–Kier alpha value is -6.67. The van der Waals surface area contributed by atoms with Crippen LogP contribution in [0.4, 0.5) is 5.13 Å². The molecule has 2 saturated carbocycles. The highest BCUT2D eigenvalue weighted by Gasteiger charge is 2.34. The van der Waals surface area contributed by atoms with Gasteiger partial charge in [-0.05, 0) is 130 Å². The highest BCUT2D eigenvalue weighted by atomic mass is 32.1. The molecule has 2 fully saturated rings. The third-order valence-corrected chi connectivity index (χ3v) is 13.4. The number of fused-ring (bicyclic) bond motifs is 1. The lowest BCUT2D eigenvalue weighted by Crippen LogP contribution is -2.30. The summed E-state index contributed by atoms with van der Waals surface area (Å²) in [6.07, 6.45) is 10.8. The number of ether oxygens (including phenoxy) is 5. The Labute approximate surface area is 401 Å². The molecule has 0 atom stereocenters. The van der Waals surface area contributed by atoms with Crippen molar-refractivity contribution >= 4 is 62.7 Å². The third kappa shape index (κ3) is 13.7. The minimum absolute atomic E-state index is 0.123. The van der Waals surface area contributed by atoms with E-state index in [9.17, 15) is 24.0 Å². The number of hydrogen-bond donors (Lipinski definition) is 0. The zero-order valence-electron chi connectivity index (χ0n) is 38.8. The largest absolute Gasteiger partial charge is 0.462 e. The zero-order chi connectivity index (χ0) is 47.8. The van der Waals surface area contributed by atoms with Gasteiger partial charge in [0.25, 0.3) is 0 Å². The van der Waals surface area contributed by atoms with Gasteiger partial charge in [0.15, 0.2) is 0 Å². The molecule has 0 N–H and O–H groups in total. The summed E-state index contributed by atoms with van der Waals surface area (Å²) in [4.78, 5) is 70.1. The first-order valence-corrected chi connectivity index (χ1v) is 24.6. The van der Waals surface area contributed by atoms with Crippen LogP contribution in [0.1, 0.15) is 101 Å². The summed E-state index contributed by atoms with van der Waals surface area (Å²) in [5.74, 6) is -2.10. The molecule has 0 amide bonds. The minimum atomic E-state index is -0.529. The van der Waals surface area contributed by atoms with Gasteiger partial charge in [0.2, 0.25) is 5.13 Å². The normalized spacial score (nSPS) is 18.1. The Bertz CT molecular complexity index is 2520. The second-order valence-electron chi connectivity index (χ2n) is 17.3. The monoisotopic (exact) mass is 941 g/mol. The summed E-state index contributed by atoms with van der Waals surface area (Å²) in [5, 5.41) is 7.07. The molecular formula is C54H59N3O10S. The van der Waals surface area contributed by atoms with Crippen LogP contribution in [0.15, 0.2) is 109 Å². The summed E-state index contributed by atoms with van der Waals surface area (Å²) in [7, 11) is 0. The number of nitrogens with zero attached hydrogens (tertiary/aromatic N) is 3. The fraction of sp³-hybridized carbons (Fsp3) is 0.389. The van der Waals surface area contributed by atoms with Crippen LogP contribution < -0.4 is 24.0 Å². The maximum Gasteiger partial charge on any atom is 0.330 e. The van der Waals surface area contributed by atoms with Crippen LogP contribution in [0, 0.1) is 23.7 Å². The molecule has 13 nitrogen and oxygen atoms in total. The molecule has 5 aromatic rings. The standard InChI is InChI=1S/C54H59N3O10S/c1-4-10-36-14-26-43(27-15-36)64-50(59)38-18-20-40(21-19-38)52(61)66-45-30-31-47(67-53(62)41-24-22-39(23-25-41)51(60)65-44-28-16-37(11-5-2)17-29-44)42(34-45)35-55-57(32-9-33-63-49(58)6-3)54-56-46-12-7-8-13-48(46)68-54/h6-8,12-17,26-31,34-35,38-41H,3-5,9-11,18-25,32-33H2,1-2H3/b55-35+. The first-order valence-electron chi connectivity index (χ1n) is 23.7. The van der Waals surface area contributed by atoms with Crippen molar-refractivity contribution in [3.63, 3.8) is 0 Å². The van der Waals surface area contributed by atoms with Gasteiger partial charge in [0.05, 0.1) is 46.7 Å². The predicted octanol–water partition coefficient (Wildman–Crippen LogP) is 10.8. The van der Waals surface area contributed by atoms with Gasteiger partial charge in [-0.15, -0.1) is 0 Å². The molecule has 0 saturated heterocycles. The third-order valence-electron chi connectivity index (χ3n) is 12.3. The molecule has 14 heteroatoms. The van der Waals surface area contributed by atoms with Gasteiger partial charge in [-0.1, -0.05) is 81.0 Å². The zero-order valence-corrected chi connectivity index (χ0v) is 39.6. The van der Waals surface area contributed by atoms with Crippen LogP contribution in [0.5, 0.6) is 23.0 Å².